The van der Waals surface area contributed by atoms with Crippen LogP contribution in [0.2, 0.25) is 0 Å². The van der Waals surface area contributed by atoms with Crippen molar-refractivity contribution in [2.24, 2.45) is 0 Å². The summed E-state index contributed by atoms with van der Waals surface area (Å²) in [5.41, 5.74) is 1.26. The first kappa shape index (κ1) is 12.6. The second kappa shape index (κ2) is 6.92. The van der Waals surface area contributed by atoms with E-state index in [1.54, 1.807) is 7.11 Å². The molecule has 0 aliphatic heterocycles. The van der Waals surface area contributed by atoms with Crippen molar-refractivity contribution in [1.29, 1.82) is 0 Å². The Labute approximate surface area is 98.0 Å². The number of hydrogen-bond donors (Lipinski definition) is 1. The second-order valence-corrected chi connectivity index (χ2v) is 3.70. The lowest BCUT2D eigenvalue weighted by molar-refractivity contribution is 0.414. The van der Waals surface area contributed by atoms with E-state index < -0.39 is 0 Å². The molecule has 2 heteroatoms. The van der Waals surface area contributed by atoms with Gasteiger partial charge in [-0.15, -0.1) is 6.42 Å². The molecule has 0 radical (unpaired) electrons. The maximum absolute atomic E-state index is 5.26. The molecule has 0 spiro atoms. The van der Waals surface area contributed by atoms with Crippen molar-refractivity contribution >= 4 is 0 Å². The van der Waals surface area contributed by atoms with Crippen LogP contribution in [0.25, 0.3) is 0 Å². The lowest BCUT2D eigenvalue weighted by Gasteiger charge is -2.17. The van der Waals surface area contributed by atoms with Crippen LogP contribution in [0, 0.1) is 12.3 Å². The quantitative estimate of drug-likeness (QED) is 0.740. The fourth-order valence-corrected chi connectivity index (χ4v) is 1.69. The molecule has 16 heavy (non-hydrogen) atoms. The van der Waals surface area contributed by atoms with Crippen molar-refractivity contribution in [2.75, 3.05) is 13.7 Å². The summed E-state index contributed by atoms with van der Waals surface area (Å²) in [4.78, 5) is 0. The van der Waals surface area contributed by atoms with E-state index in [0.717, 1.165) is 18.6 Å². The number of methoxy groups -OCH3 is 1. The summed E-state index contributed by atoms with van der Waals surface area (Å²) in [6.07, 6.45) is 7.49. The van der Waals surface area contributed by atoms with E-state index in [2.05, 4.69) is 30.3 Å². The third kappa shape index (κ3) is 3.60. The fourth-order valence-electron chi connectivity index (χ4n) is 1.69. The summed E-state index contributed by atoms with van der Waals surface area (Å²) in [7, 11) is 1.68. The van der Waals surface area contributed by atoms with E-state index in [1.807, 2.05) is 12.1 Å². The van der Waals surface area contributed by atoms with Gasteiger partial charge in [-0.1, -0.05) is 31.4 Å². The minimum atomic E-state index is 0.340. The highest BCUT2D eigenvalue weighted by atomic mass is 16.5. The van der Waals surface area contributed by atoms with Gasteiger partial charge in [0.25, 0.3) is 0 Å². The zero-order chi connectivity index (χ0) is 11.8. The van der Waals surface area contributed by atoms with E-state index in [4.69, 9.17) is 11.2 Å². The Balaban J connectivity index is 2.71. The molecule has 86 valence electrons. The van der Waals surface area contributed by atoms with Gasteiger partial charge < -0.3 is 4.74 Å². The Bertz CT molecular complexity index is 337. The molecule has 0 heterocycles. The highest BCUT2D eigenvalue weighted by Gasteiger charge is 2.08. The Morgan fingerprint density at radius 1 is 1.38 bits per heavy atom. The van der Waals surface area contributed by atoms with Crippen molar-refractivity contribution in [1.82, 2.24) is 5.32 Å². The van der Waals surface area contributed by atoms with Gasteiger partial charge in [-0.3, -0.25) is 5.32 Å². The van der Waals surface area contributed by atoms with Gasteiger partial charge >= 0.3 is 0 Å². The molecule has 0 saturated heterocycles. The van der Waals surface area contributed by atoms with Crippen LogP contribution in [0.15, 0.2) is 24.3 Å². The number of hydrogen-bond acceptors (Lipinski definition) is 2. The average Bonchev–Trinajstić information content (AvgIpc) is 2.35. The van der Waals surface area contributed by atoms with Crippen LogP contribution in [-0.2, 0) is 0 Å². The Morgan fingerprint density at radius 3 is 2.56 bits per heavy atom. The molecule has 0 bridgehead atoms. The van der Waals surface area contributed by atoms with Gasteiger partial charge in [0.1, 0.15) is 5.75 Å². The van der Waals surface area contributed by atoms with Crippen molar-refractivity contribution in [2.45, 2.75) is 25.8 Å². The Hall–Kier alpha value is -1.46. The first-order valence-corrected chi connectivity index (χ1v) is 5.62. The van der Waals surface area contributed by atoms with Gasteiger partial charge in [0, 0.05) is 6.04 Å². The van der Waals surface area contributed by atoms with Gasteiger partial charge in [0.2, 0.25) is 0 Å². The zero-order valence-electron chi connectivity index (χ0n) is 9.99. The van der Waals surface area contributed by atoms with Gasteiger partial charge in [-0.05, 0) is 24.1 Å². The van der Waals surface area contributed by atoms with Crippen molar-refractivity contribution in [3.8, 4) is 18.1 Å². The third-order valence-corrected chi connectivity index (χ3v) is 2.55. The monoisotopic (exact) mass is 217 g/mol. The second-order valence-electron chi connectivity index (χ2n) is 3.70. The van der Waals surface area contributed by atoms with Crippen molar-refractivity contribution in [3.63, 3.8) is 0 Å². The molecule has 0 amide bonds. The van der Waals surface area contributed by atoms with E-state index in [9.17, 15) is 0 Å². The molecule has 1 aromatic carbocycles. The van der Waals surface area contributed by atoms with Crippen LogP contribution in [0.4, 0.5) is 0 Å². The standard InChI is InChI=1S/C14H19NO/c1-4-6-14(15-11-5-2)12-7-9-13(16-3)10-8-12/h2,7-10,14-15H,4,6,11H2,1,3H3. The predicted octanol–water partition coefficient (Wildman–Crippen LogP) is 2.76. The van der Waals surface area contributed by atoms with Crippen molar-refractivity contribution < 1.29 is 4.74 Å². The molecule has 2 nitrogen and oxygen atoms in total. The van der Waals surface area contributed by atoms with Crippen LogP contribution in [0.5, 0.6) is 5.75 Å². The van der Waals surface area contributed by atoms with E-state index >= 15 is 0 Å². The summed E-state index contributed by atoms with van der Waals surface area (Å²) >= 11 is 0. The summed E-state index contributed by atoms with van der Waals surface area (Å²) in [5.74, 6) is 3.50. The zero-order valence-corrected chi connectivity index (χ0v) is 9.99. The van der Waals surface area contributed by atoms with Crippen LogP contribution in [0.1, 0.15) is 31.4 Å². The molecular weight excluding hydrogens is 198 g/mol. The van der Waals surface area contributed by atoms with Crippen molar-refractivity contribution in [3.05, 3.63) is 29.8 Å². The van der Waals surface area contributed by atoms with Gasteiger partial charge in [-0.2, -0.15) is 0 Å². The predicted molar refractivity (Wildman–Crippen MR) is 67.5 cm³/mol. The number of nitrogens with one attached hydrogen (secondary N) is 1. The van der Waals surface area contributed by atoms with Gasteiger partial charge in [0.05, 0.1) is 13.7 Å². The molecular formula is C14H19NO. The Kier molecular flexibility index (Phi) is 5.45. The molecule has 1 rings (SSSR count). The minimum absolute atomic E-state index is 0.340. The van der Waals surface area contributed by atoms with Gasteiger partial charge in [-0.25, -0.2) is 0 Å². The third-order valence-electron chi connectivity index (χ3n) is 2.55. The lowest BCUT2D eigenvalue weighted by atomic mass is 10.0. The highest BCUT2D eigenvalue weighted by Crippen LogP contribution is 2.21. The maximum Gasteiger partial charge on any atom is 0.118 e. The fraction of sp³-hybridized carbons (Fsp3) is 0.429. The molecule has 0 fully saturated rings. The number of rotatable bonds is 6. The molecule has 0 aromatic heterocycles. The molecule has 1 unspecified atom stereocenters. The number of ether oxygens (including phenoxy) is 1. The SMILES string of the molecule is C#CCNC(CCC)c1ccc(OC)cc1. The normalized spacial score (nSPS) is 11.8. The van der Waals surface area contributed by atoms with Gasteiger partial charge in [0.15, 0.2) is 0 Å². The highest BCUT2D eigenvalue weighted by molar-refractivity contribution is 5.29. The van der Waals surface area contributed by atoms with Crippen LogP contribution in [0.3, 0.4) is 0 Å². The molecule has 1 N–H and O–H groups in total. The first-order valence-electron chi connectivity index (χ1n) is 5.62. The van der Waals surface area contributed by atoms with E-state index in [-0.39, 0.29) is 0 Å². The molecule has 0 aliphatic carbocycles. The van der Waals surface area contributed by atoms with E-state index in [0.29, 0.717) is 12.6 Å². The smallest absolute Gasteiger partial charge is 0.118 e. The summed E-state index contributed by atoms with van der Waals surface area (Å²) < 4.78 is 5.14. The average molecular weight is 217 g/mol. The lowest BCUT2D eigenvalue weighted by Crippen LogP contribution is -2.21. The largest absolute Gasteiger partial charge is 0.497 e. The number of benzene rings is 1. The van der Waals surface area contributed by atoms with E-state index in [1.165, 1.54) is 5.56 Å². The summed E-state index contributed by atoms with van der Waals surface area (Å²) in [5, 5.41) is 3.35. The topological polar surface area (TPSA) is 21.3 Å². The van der Waals surface area contributed by atoms with Crippen LogP contribution < -0.4 is 10.1 Å². The van der Waals surface area contributed by atoms with Crippen LogP contribution in [-0.4, -0.2) is 13.7 Å². The molecule has 1 aromatic rings. The maximum atomic E-state index is 5.26. The summed E-state index contributed by atoms with van der Waals surface area (Å²) in [6, 6.07) is 8.48. The molecule has 0 aliphatic rings. The summed E-state index contributed by atoms with van der Waals surface area (Å²) in [6.45, 7) is 2.78. The Morgan fingerprint density at radius 2 is 2.06 bits per heavy atom. The molecule has 0 saturated carbocycles. The van der Waals surface area contributed by atoms with Crippen LogP contribution >= 0.6 is 0 Å². The minimum Gasteiger partial charge on any atom is -0.497 e. The first-order chi connectivity index (χ1) is 7.81. The number of terminal acetylenes is 1. The molecule has 1 atom stereocenters.